The van der Waals surface area contributed by atoms with E-state index in [2.05, 4.69) is 15.5 Å². The predicted octanol–water partition coefficient (Wildman–Crippen LogP) is 3.07. The second-order valence-electron chi connectivity index (χ2n) is 6.97. The molecule has 174 valence electrons. The van der Waals surface area contributed by atoms with Crippen molar-refractivity contribution < 1.29 is 33.1 Å². The van der Waals surface area contributed by atoms with Crippen LogP contribution < -0.4 is 19.5 Å². The maximum Gasteiger partial charge on any atom is 0.308 e. The average Bonchev–Trinajstić information content (AvgIpc) is 3.30. The number of ether oxygens (including phenoxy) is 4. The molecule has 1 amide bonds. The Morgan fingerprint density at radius 1 is 1.00 bits per heavy atom. The minimum Gasteiger partial charge on any atom is -0.497 e. The molecule has 10 heteroatoms. The third-order valence-electron chi connectivity index (χ3n) is 4.74. The first-order valence-corrected chi connectivity index (χ1v) is 10.0. The summed E-state index contributed by atoms with van der Waals surface area (Å²) >= 11 is 0. The molecule has 1 N–H and O–H groups in total. The molecule has 1 heterocycles. The lowest BCUT2D eigenvalue weighted by Crippen LogP contribution is -2.28. The van der Waals surface area contributed by atoms with Crippen molar-refractivity contribution in [2.24, 2.45) is 0 Å². The van der Waals surface area contributed by atoms with Crippen molar-refractivity contribution in [1.29, 1.82) is 0 Å². The Hall–Kier alpha value is -4.08. The highest BCUT2D eigenvalue weighted by molar-refractivity contribution is 5.76. The van der Waals surface area contributed by atoms with Crippen molar-refractivity contribution >= 4 is 11.9 Å². The average molecular weight is 455 g/mol. The molecule has 1 atom stereocenters. The van der Waals surface area contributed by atoms with Crippen molar-refractivity contribution in [3.8, 4) is 28.6 Å². The Labute approximate surface area is 190 Å². The third-order valence-corrected chi connectivity index (χ3v) is 4.74. The lowest BCUT2D eigenvalue weighted by molar-refractivity contribution is -0.146. The molecule has 0 radical (unpaired) electrons. The maximum absolute atomic E-state index is 12.4. The van der Waals surface area contributed by atoms with Gasteiger partial charge in [0, 0.05) is 13.0 Å². The summed E-state index contributed by atoms with van der Waals surface area (Å²) in [6.07, 6.45) is -0.0702. The Morgan fingerprint density at radius 3 is 2.33 bits per heavy atom. The zero-order valence-corrected chi connectivity index (χ0v) is 18.8. The van der Waals surface area contributed by atoms with E-state index in [-0.39, 0.29) is 30.7 Å². The van der Waals surface area contributed by atoms with Gasteiger partial charge in [0.1, 0.15) is 17.2 Å². The number of aromatic nitrogens is 2. The van der Waals surface area contributed by atoms with Crippen molar-refractivity contribution in [3.63, 3.8) is 0 Å². The molecule has 3 rings (SSSR count). The molecule has 0 aliphatic carbocycles. The molecule has 10 nitrogen and oxygen atoms in total. The van der Waals surface area contributed by atoms with Crippen LogP contribution in [0.15, 0.2) is 47.0 Å². The molecule has 0 aliphatic rings. The van der Waals surface area contributed by atoms with Crippen LogP contribution in [0.3, 0.4) is 0 Å². The summed E-state index contributed by atoms with van der Waals surface area (Å²) in [5.41, 5.74) is 1.35. The molecular formula is C23H25N3O7. The zero-order valence-electron chi connectivity index (χ0n) is 18.8. The van der Waals surface area contributed by atoms with Crippen LogP contribution in [0.2, 0.25) is 0 Å². The third kappa shape index (κ3) is 6.22. The van der Waals surface area contributed by atoms with Gasteiger partial charge in [0.05, 0.1) is 39.4 Å². The number of nitrogens with zero attached hydrogens (tertiary/aromatic N) is 2. The lowest BCUT2D eigenvalue weighted by Gasteiger charge is -2.17. The monoisotopic (exact) mass is 455 g/mol. The van der Waals surface area contributed by atoms with Gasteiger partial charge in [-0.05, 0) is 29.8 Å². The number of rotatable bonds is 10. The number of amides is 1. The maximum atomic E-state index is 12.4. The topological polar surface area (TPSA) is 122 Å². The number of methoxy groups -OCH3 is 3. The van der Waals surface area contributed by atoms with Gasteiger partial charge in [-0.25, -0.2) is 0 Å². The molecule has 3 aromatic rings. The van der Waals surface area contributed by atoms with Crippen molar-refractivity contribution in [2.75, 3.05) is 21.3 Å². The van der Waals surface area contributed by atoms with E-state index >= 15 is 0 Å². The zero-order chi connectivity index (χ0) is 23.8. The van der Waals surface area contributed by atoms with Gasteiger partial charge >= 0.3 is 5.97 Å². The first-order valence-electron chi connectivity index (χ1n) is 10.0. The first kappa shape index (κ1) is 23.6. The highest BCUT2D eigenvalue weighted by atomic mass is 16.6. The molecule has 1 aromatic heterocycles. The van der Waals surface area contributed by atoms with Gasteiger partial charge in [0.2, 0.25) is 11.7 Å². The summed E-state index contributed by atoms with van der Waals surface area (Å²) < 4.78 is 26.2. The van der Waals surface area contributed by atoms with Crippen molar-refractivity contribution in [2.45, 2.75) is 26.0 Å². The number of carbonyl (C=O) groups excluding carboxylic acids is 2. The van der Waals surface area contributed by atoms with Gasteiger partial charge < -0.3 is 28.8 Å². The van der Waals surface area contributed by atoms with Gasteiger partial charge in [-0.3, -0.25) is 9.59 Å². The fraction of sp³-hybridized carbons (Fsp3) is 0.304. The summed E-state index contributed by atoms with van der Waals surface area (Å²) in [6.45, 7) is 1.18. The van der Waals surface area contributed by atoms with E-state index in [0.29, 0.717) is 22.8 Å². The van der Waals surface area contributed by atoms with Crippen LogP contribution in [0, 0.1) is 0 Å². The number of carbonyl (C=O) groups is 2. The summed E-state index contributed by atoms with van der Waals surface area (Å²) in [5.74, 6) is 1.41. The van der Waals surface area contributed by atoms with Gasteiger partial charge in [-0.15, -0.1) is 0 Å². The Morgan fingerprint density at radius 2 is 1.70 bits per heavy atom. The van der Waals surface area contributed by atoms with Crippen molar-refractivity contribution in [1.82, 2.24) is 15.5 Å². The SMILES string of the molecule is COc1ccc(C(CC(=O)OCc2nc(-c3ccc(OC)cc3OC)no2)NC(C)=O)cc1. The smallest absolute Gasteiger partial charge is 0.308 e. The van der Waals surface area contributed by atoms with Gasteiger partial charge in [-0.2, -0.15) is 4.98 Å². The highest BCUT2D eigenvalue weighted by Crippen LogP contribution is 2.31. The number of hydrogen-bond acceptors (Lipinski definition) is 9. The summed E-state index contributed by atoms with van der Waals surface area (Å²) in [6, 6.07) is 11.7. The van der Waals surface area contributed by atoms with E-state index < -0.39 is 12.0 Å². The number of nitrogens with one attached hydrogen (secondary N) is 1. The van der Waals surface area contributed by atoms with Crippen molar-refractivity contribution in [3.05, 3.63) is 53.9 Å². The molecule has 0 bridgehead atoms. The molecule has 0 spiro atoms. The highest BCUT2D eigenvalue weighted by Gasteiger charge is 2.20. The molecule has 2 aromatic carbocycles. The molecule has 1 unspecified atom stereocenters. The Bertz CT molecular complexity index is 1100. The van der Waals surface area contributed by atoms with E-state index in [1.165, 1.54) is 14.0 Å². The van der Waals surface area contributed by atoms with Crippen LogP contribution in [-0.4, -0.2) is 43.3 Å². The van der Waals surface area contributed by atoms with Crippen LogP contribution in [-0.2, 0) is 20.9 Å². The van der Waals surface area contributed by atoms with Crippen LogP contribution in [0.25, 0.3) is 11.4 Å². The Kier molecular flexibility index (Phi) is 7.85. The molecule has 0 fully saturated rings. The fourth-order valence-corrected chi connectivity index (χ4v) is 3.11. The molecule has 33 heavy (non-hydrogen) atoms. The first-order chi connectivity index (χ1) is 15.9. The van der Waals surface area contributed by atoms with Crippen LogP contribution >= 0.6 is 0 Å². The van der Waals surface area contributed by atoms with Gasteiger partial charge in [0.15, 0.2) is 6.61 Å². The van der Waals surface area contributed by atoms with E-state index in [1.807, 2.05) is 0 Å². The Balaban J connectivity index is 1.64. The second-order valence-corrected chi connectivity index (χ2v) is 6.97. The van der Waals surface area contributed by atoms with Crippen LogP contribution in [0.1, 0.15) is 30.8 Å². The van der Waals surface area contributed by atoms with Crippen LogP contribution in [0.4, 0.5) is 0 Å². The minimum atomic E-state index is -0.553. The van der Waals surface area contributed by atoms with E-state index in [0.717, 1.165) is 5.56 Å². The summed E-state index contributed by atoms with van der Waals surface area (Å²) in [4.78, 5) is 28.3. The lowest BCUT2D eigenvalue weighted by atomic mass is 10.0. The van der Waals surface area contributed by atoms with Gasteiger partial charge in [0.25, 0.3) is 5.89 Å². The summed E-state index contributed by atoms with van der Waals surface area (Å²) in [5, 5.41) is 6.68. The predicted molar refractivity (Wildman–Crippen MR) is 117 cm³/mol. The van der Waals surface area contributed by atoms with E-state index in [4.69, 9.17) is 23.5 Å². The largest absolute Gasteiger partial charge is 0.497 e. The normalized spacial score (nSPS) is 11.4. The number of hydrogen-bond donors (Lipinski definition) is 1. The van der Waals surface area contributed by atoms with Gasteiger partial charge in [-0.1, -0.05) is 17.3 Å². The number of esters is 1. The fourth-order valence-electron chi connectivity index (χ4n) is 3.11. The molecule has 0 aliphatic heterocycles. The second kappa shape index (κ2) is 11.0. The minimum absolute atomic E-state index is 0.0702. The van der Waals surface area contributed by atoms with E-state index in [1.54, 1.807) is 56.7 Å². The molecular weight excluding hydrogens is 430 g/mol. The summed E-state index contributed by atoms with van der Waals surface area (Å²) in [7, 11) is 4.64. The quantitative estimate of drug-likeness (QED) is 0.460. The van der Waals surface area contributed by atoms with E-state index in [9.17, 15) is 9.59 Å². The molecule has 0 saturated heterocycles. The standard InChI is InChI=1S/C23H25N3O7/c1-14(27)24-19(15-5-7-16(29-2)8-6-15)12-22(28)32-13-21-25-23(26-33-21)18-10-9-17(30-3)11-20(18)31-4/h5-11,19H,12-13H2,1-4H3,(H,24,27). The number of benzene rings is 2. The molecule has 0 saturated carbocycles. The van der Waals surface area contributed by atoms with Crippen LogP contribution in [0.5, 0.6) is 17.2 Å².